The van der Waals surface area contributed by atoms with Crippen molar-refractivity contribution in [1.29, 1.82) is 0 Å². The standard InChI is InChI=1S/C24H23N/c1-23(2)16-10-5-7-14-20(16)25-21-15-8-6-11-17(21)24(3,4)19-13-9-12-18(23)22(19)25/h5-15H,1-4H3. The van der Waals surface area contributed by atoms with E-state index in [9.17, 15) is 0 Å². The van der Waals surface area contributed by atoms with Gasteiger partial charge in [0.2, 0.25) is 0 Å². The Kier molecular flexibility index (Phi) is 2.69. The Hall–Kier alpha value is -2.54. The van der Waals surface area contributed by atoms with Crippen molar-refractivity contribution in [2.45, 2.75) is 38.5 Å². The maximum Gasteiger partial charge on any atom is 0.0543 e. The first-order chi connectivity index (χ1) is 11.9. The van der Waals surface area contributed by atoms with E-state index < -0.39 is 0 Å². The summed E-state index contributed by atoms with van der Waals surface area (Å²) < 4.78 is 0. The third-order valence-corrected chi connectivity index (χ3v) is 6.24. The van der Waals surface area contributed by atoms with Crippen LogP contribution >= 0.6 is 0 Å². The number of nitrogens with zero attached hydrogens (tertiary/aromatic N) is 1. The maximum absolute atomic E-state index is 2.49. The van der Waals surface area contributed by atoms with E-state index in [0.717, 1.165) is 0 Å². The minimum Gasteiger partial charge on any atom is -0.309 e. The highest BCUT2D eigenvalue weighted by molar-refractivity contribution is 5.92. The Balaban J connectivity index is 1.97. The third kappa shape index (κ3) is 1.68. The molecule has 5 rings (SSSR count). The van der Waals surface area contributed by atoms with Gasteiger partial charge in [0, 0.05) is 10.8 Å². The van der Waals surface area contributed by atoms with E-state index in [1.165, 1.54) is 39.3 Å². The lowest BCUT2D eigenvalue weighted by Crippen LogP contribution is -2.37. The molecule has 2 heterocycles. The summed E-state index contributed by atoms with van der Waals surface area (Å²) >= 11 is 0. The third-order valence-electron chi connectivity index (χ3n) is 6.24. The van der Waals surface area contributed by atoms with E-state index in [-0.39, 0.29) is 10.8 Å². The van der Waals surface area contributed by atoms with Gasteiger partial charge in [0.1, 0.15) is 0 Å². The molecule has 0 bridgehead atoms. The van der Waals surface area contributed by atoms with Crippen molar-refractivity contribution in [3.05, 3.63) is 89.0 Å². The Morgan fingerprint density at radius 1 is 0.520 bits per heavy atom. The topological polar surface area (TPSA) is 3.24 Å². The molecule has 2 aliphatic rings. The summed E-state index contributed by atoms with van der Waals surface area (Å²) in [6, 6.07) is 24.6. The fraction of sp³-hybridized carbons (Fsp3) is 0.250. The summed E-state index contributed by atoms with van der Waals surface area (Å²) in [5.41, 5.74) is 9.66. The molecule has 3 aromatic rings. The molecule has 1 heteroatoms. The SMILES string of the molecule is CC1(C)c2ccccc2N2c3ccccc3C(C)(C)c3cccc1c32. The van der Waals surface area contributed by atoms with Gasteiger partial charge in [0.05, 0.1) is 17.1 Å². The molecule has 124 valence electrons. The van der Waals surface area contributed by atoms with Crippen LogP contribution in [0.25, 0.3) is 0 Å². The molecule has 1 nitrogen and oxygen atoms in total. The van der Waals surface area contributed by atoms with E-state index in [0.29, 0.717) is 0 Å². The van der Waals surface area contributed by atoms with Crippen LogP contribution in [0.15, 0.2) is 66.7 Å². The number of hydrogen-bond donors (Lipinski definition) is 0. The van der Waals surface area contributed by atoms with Gasteiger partial charge in [-0.1, -0.05) is 82.3 Å². The van der Waals surface area contributed by atoms with Gasteiger partial charge < -0.3 is 4.90 Å². The van der Waals surface area contributed by atoms with Crippen LogP contribution in [0.5, 0.6) is 0 Å². The predicted molar refractivity (Wildman–Crippen MR) is 105 cm³/mol. The molecule has 0 aliphatic carbocycles. The van der Waals surface area contributed by atoms with E-state index in [2.05, 4.69) is 99.3 Å². The van der Waals surface area contributed by atoms with Crippen molar-refractivity contribution >= 4 is 17.1 Å². The molecule has 0 fully saturated rings. The summed E-state index contributed by atoms with van der Waals surface area (Å²) in [5, 5.41) is 0. The van der Waals surface area contributed by atoms with Crippen LogP contribution in [0, 0.1) is 0 Å². The van der Waals surface area contributed by atoms with E-state index in [1.54, 1.807) is 0 Å². The molecule has 0 atom stereocenters. The van der Waals surface area contributed by atoms with Gasteiger partial charge >= 0.3 is 0 Å². The molecular formula is C24H23N. The average Bonchev–Trinajstić information content (AvgIpc) is 2.61. The van der Waals surface area contributed by atoms with Crippen molar-refractivity contribution in [2.24, 2.45) is 0 Å². The number of para-hydroxylation sites is 3. The molecule has 0 aromatic heterocycles. The van der Waals surface area contributed by atoms with Crippen LogP contribution in [0.2, 0.25) is 0 Å². The molecule has 25 heavy (non-hydrogen) atoms. The van der Waals surface area contributed by atoms with Gasteiger partial charge in [-0.15, -0.1) is 0 Å². The summed E-state index contributed by atoms with van der Waals surface area (Å²) in [6.07, 6.45) is 0. The second-order valence-electron chi connectivity index (χ2n) is 8.32. The van der Waals surface area contributed by atoms with Crippen molar-refractivity contribution in [3.63, 3.8) is 0 Å². The molecule has 0 unspecified atom stereocenters. The van der Waals surface area contributed by atoms with E-state index in [1.807, 2.05) is 0 Å². The quantitative estimate of drug-likeness (QED) is 0.460. The lowest BCUT2D eigenvalue weighted by molar-refractivity contribution is 0.597. The number of rotatable bonds is 0. The normalized spacial score (nSPS) is 18.2. The maximum atomic E-state index is 2.49. The van der Waals surface area contributed by atoms with Crippen LogP contribution in [-0.4, -0.2) is 0 Å². The number of anilines is 3. The van der Waals surface area contributed by atoms with Gasteiger partial charge in [0.15, 0.2) is 0 Å². The minimum absolute atomic E-state index is 0.000794. The van der Waals surface area contributed by atoms with Crippen LogP contribution < -0.4 is 4.90 Å². The summed E-state index contributed by atoms with van der Waals surface area (Å²) in [4.78, 5) is 2.49. The van der Waals surface area contributed by atoms with Crippen molar-refractivity contribution in [1.82, 2.24) is 0 Å². The number of benzene rings is 3. The van der Waals surface area contributed by atoms with Crippen LogP contribution in [0.3, 0.4) is 0 Å². The highest BCUT2D eigenvalue weighted by atomic mass is 15.2. The molecule has 0 saturated carbocycles. The monoisotopic (exact) mass is 325 g/mol. The highest BCUT2D eigenvalue weighted by Gasteiger charge is 2.44. The molecule has 3 aromatic carbocycles. The van der Waals surface area contributed by atoms with Gasteiger partial charge in [-0.25, -0.2) is 0 Å². The highest BCUT2D eigenvalue weighted by Crippen LogP contribution is 2.59. The van der Waals surface area contributed by atoms with Gasteiger partial charge in [0.25, 0.3) is 0 Å². The Morgan fingerprint density at radius 2 is 0.920 bits per heavy atom. The fourth-order valence-corrected chi connectivity index (χ4v) is 4.85. The Labute approximate surface area is 149 Å². The molecule has 0 amide bonds. The summed E-state index contributed by atoms with van der Waals surface area (Å²) in [6.45, 7) is 9.41. The van der Waals surface area contributed by atoms with Crippen molar-refractivity contribution in [3.8, 4) is 0 Å². The first-order valence-electron chi connectivity index (χ1n) is 9.07. The molecular weight excluding hydrogens is 302 g/mol. The lowest BCUT2D eigenvalue weighted by atomic mass is 9.66. The van der Waals surface area contributed by atoms with E-state index in [4.69, 9.17) is 0 Å². The summed E-state index contributed by atoms with van der Waals surface area (Å²) in [5.74, 6) is 0. The van der Waals surface area contributed by atoms with Gasteiger partial charge in [-0.2, -0.15) is 0 Å². The fourth-order valence-electron chi connectivity index (χ4n) is 4.85. The lowest BCUT2D eigenvalue weighted by Gasteiger charge is -2.49. The molecule has 2 aliphatic heterocycles. The molecule has 0 spiro atoms. The Bertz CT molecular complexity index is 932. The molecule has 0 N–H and O–H groups in total. The second kappa shape index (κ2) is 4.54. The smallest absolute Gasteiger partial charge is 0.0543 e. The van der Waals surface area contributed by atoms with Crippen LogP contribution in [0.1, 0.15) is 49.9 Å². The van der Waals surface area contributed by atoms with E-state index >= 15 is 0 Å². The van der Waals surface area contributed by atoms with Gasteiger partial charge in [-0.05, 0) is 34.4 Å². The second-order valence-corrected chi connectivity index (χ2v) is 8.32. The zero-order valence-electron chi connectivity index (χ0n) is 15.3. The largest absolute Gasteiger partial charge is 0.309 e. The van der Waals surface area contributed by atoms with Crippen LogP contribution in [-0.2, 0) is 10.8 Å². The molecule has 0 saturated heterocycles. The molecule has 0 radical (unpaired) electrons. The number of fused-ring (bicyclic) bond motifs is 4. The Morgan fingerprint density at radius 3 is 1.40 bits per heavy atom. The van der Waals surface area contributed by atoms with Crippen molar-refractivity contribution < 1.29 is 0 Å². The van der Waals surface area contributed by atoms with Crippen molar-refractivity contribution in [2.75, 3.05) is 4.90 Å². The zero-order chi connectivity index (χ0) is 17.4. The minimum atomic E-state index is 0.000794. The zero-order valence-corrected chi connectivity index (χ0v) is 15.3. The average molecular weight is 325 g/mol. The predicted octanol–water partition coefficient (Wildman–Crippen LogP) is 6.44. The first kappa shape index (κ1) is 14.8. The van der Waals surface area contributed by atoms with Gasteiger partial charge in [-0.3, -0.25) is 0 Å². The first-order valence-corrected chi connectivity index (χ1v) is 9.07. The number of hydrogen-bond acceptors (Lipinski definition) is 1. The van der Waals surface area contributed by atoms with Crippen LogP contribution in [0.4, 0.5) is 17.1 Å². The summed E-state index contributed by atoms with van der Waals surface area (Å²) in [7, 11) is 0.